The van der Waals surface area contributed by atoms with Crippen LogP contribution in [0.25, 0.3) is 0 Å². The van der Waals surface area contributed by atoms with Gasteiger partial charge in [-0.25, -0.2) is 0 Å². The van der Waals surface area contributed by atoms with E-state index >= 15 is 0 Å². The summed E-state index contributed by atoms with van der Waals surface area (Å²) in [6.07, 6.45) is 4.53. The first kappa shape index (κ1) is 10.5. The van der Waals surface area contributed by atoms with Crippen LogP contribution in [0.5, 0.6) is 0 Å². The minimum absolute atomic E-state index is 0.0150. The van der Waals surface area contributed by atoms with E-state index in [1.165, 1.54) is 0 Å². The van der Waals surface area contributed by atoms with Crippen LogP contribution < -0.4 is 0 Å². The number of hydrogen-bond acceptors (Lipinski definition) is 3. The molecular formula is C11H16O4. The highest BCUT2D eigenvalue weighted by atomic mass is 16.5. The molecule has 2 rings (SSSR count). The monoisotopic (exact) mass is 212 g/mol. The second-order valence-electron chi connectivity index (χ2n) is 4.58. The molecule has 0 aromatic rings. The van der Waals surface area contributed by atoms with Crippen molar-refractivity contribution in [2.24, 2.45) is 11.3 Å². The highest BCUT2D eigenvalue weighted by molar-refractivity contribution is 5.80. The maximum atomic E-state index is 11.7. The normalized spacial score (nSPS) is 35.5. The van der Waals surface area contributed by atoms with Crippen molar-refractivity contribution in [1.29, 1.82) is 0 Å². The molecule has 2 aliphatic rings. The molecule has 1 aliphatic heterocycles. The molecular weight excluding hydrogens is 196 g/mol. The average molecular weight is 212 g/mol. The lowest BCUT2D eigenvalue weighted by Crippen LogP contribution is -2.39. The molecule has 0 unspecified atom stereocenters. The van der Waals surface area contributed by atoms with Gasteiger partial charge in [-0.05, 0) is 25.2 Å². The van der Waals surface area contributed by atoms with Gasteiger partial charge in [0.25, 0.3) is 0 Å². The predicted molar refractivity (Wildman–Crippen MR) is 52.2 cm³/mol. The predicted octanol–water partition coefficient (Wildman–Crippen LogP) is 1.58. The summed E-state index contributed by atoms with van der Waals surface area (Å²) in [5.41, 5.74) is -0.462. The van der Waals surface area contributed by atoms with Crippen molar-refractivity contribution in [2.75, 3.05) is 6.61 Å². The summed E-state index contributed by atoms with van der Waals surface area (Å²) in [4.78, 5) is 22.5. The molecule has 0 aromatic carbocycles. The lowest BCUT2D eigenvalue weighted by molar-refractivity contribution is -0.152. The first-order valence-corrected chi connectivity index (χ1v) is 5.54. The molecule has 0 radical (unpaired) electrons. The van der Waals surface area contributed by atoms with Crippen molar-refractivity contribution >= 4 is 11.9 Å². The summed E-state index contributed by atoms with van der Waals surface area (Å²) in [7, 11) is 0. The summed E-state index contributed by atoms with van der Waals surface area (Å²) >= 11 is 0. The van der Waals surface area contributed by atoms with Crippen molar-refractivity contribution in [3.63, 3.8) is 0 Å². The van der Waals surface area contributed by atoms with Crippen molar-refractivity contribution in [1.82, 2.24) is 0 Å². The molecule has 1 heterocycles. The first-order chi connectivity index (χ1) is 7.15. The Balaban J connectivity index is 2.18. The lowest BCUT2D eigenvalue weighted by atomic mass is 9.64. The zero-order valence-corrected chi connectivity index (χ0v) is 8.70. The minimum atomic E-state index is -0.805. The molecule has 84 valence electrons. The molecule has 0 bridgehead atoms. The second-order valence-corrected chi connectivity index (χ2v) is 4.58. The Bertz CT molecular complexity index is 286. The van der Waals surface area contributed by atoms with E-state index < -0.39 is 11.4 Å². The number of aliphatic carboxylic acids is 1. The molecule has 1 N–H and O–H groups in total. The number of carboxylic acids is 1. The van der Waals surface area contributed by atoms with Crippen LogP contribution >= 0.6 is 0 Å². The Morgan fingerprint density at radius 3 is 2.87 bits per heavy atom. The van der Waals surface area contributed by atoms with Crippen LogP contribution in [-0.2, 0) is 14.3 Å². The SMILES string of the molecule is O=C(O)C[C@H]1CCCC[C@@]12CCOC2=O. The van der Waals surface area contributed by atoms with E-state index in [2.05, 4.69) is 0 Å². The van der Waals surface area contributed by atoms with Gasteiger partial charge in [-0.1, -0.05) is 12.8 Å². The molecule has 1 saturated heterocycles. The maximum absolute atomic E-state index is 11.7. The Morgan fingerprint density at radius 1 is 1.47 bits per heavy atom. The number of hydrogen-bond donors (Lipinski definition) is 1. The second kappa shape index (κ2) is 3.83. The molecule has 1 aliphatic carbocycles. The fourth-order valence-electron chi connectivity index (χ4n) is 2.99. The maximum Gasteiger partial charge on any atom is 0.312 e. The smallest absolute Gasteiger partial charge is 0.312 e. The van der Waals surface area contributed by atoms with Crippen LogP contribution in [-0.4, -0.2) is 23.7 Å². The minimum Gasteiger partial charge on any atom is -0.481 e. The van der Waals surface area contributed by atoms with E-state index in [1.807, 2.05) is 0 Å². The summed E-state index contributed by atoms with van der Waals surface area (Å²) in [5.74, 6) is -0.979. The van der Waals surface area contributed by atoms with E-state index in [1.54, 1.807) is 0 Å². The largest absolute Gasteiger partial charge is 0.481 e. The summed E-state index contributed by atoms with van der Waals surface area (Å²) in [5, 5.41) is 8.84. The van der Waals surface area contributed by atoms with Crippen LogP contribution in [0.15, 0.2) is 0 Å². The average Bonchev–Trinajstić information content (AvgIpc) is 2.53. The summed E-state index contributed by atoms with van der Waals surface area (Å²) in [6, 6.07) is 0. The summed E-state index contributed by atoms with van der Waals surface area (Å²) in [6.45, 7) is 0.467. The number of cyclic esters (lactones) is 1. The van der Waals surface area contributed by atoms with Crippen molar-refractivity contribution in [2.45, 2.75) is 38.5 Å². The third-order valence-corrected chi connectivity index (χ3v) is 3.82. The molecule has 4 heteroatoms. The van der Waals surface area contributed by atoms with Gasteiger partial charge in [-0.3, -0.25) is 9.59 Å². The van der Waals surface area contributed by atoms with E-state index in [4.69, 9.17) is 9.84 Å². The molecule has 0 amide bonds. The van der Waals surface area contributed by atoms with Gasteiger partial charge in [0.15, 0.2) is 0 Å². The first-order valence-electron chi connectivity index (χ1n) is 5.54. The Kier molecular flexibility index (Phi) is 2.67. The van der Waals surface area contributed by atoms with Gasteiger partial charge in [0.1, 0.15) is 0 Å². The van der Waals surface area contributed by atoms with Crippen LogP contribution in [0, 0.1) is 11.3 Å². The van der Waals surface area contributed by atoms with Crippen molar-refractivity contribution in [3.8, 4) is 0 Å². The highest BCUT2D eigenvalue weighted by Gasteiger charge is 2.51. The van der Waals surface area contributed by atoms with Crippen LogP contribution in [0.3, 0.4) is 0 Å². The Hall–Kier alpha value is -1.06. The summed E-state index contributed by atoms with van der Waals surface area (Å²) < 4.78 is 5.03. The van der Waals surface area contributed by atoms with Gasteiger partial charge in [0.2, 0.25) is 0 Å². The molecule has 15 heavy (non-hydrogen) atoms. The molecule has 4 nitrogen and oxygen atoms in total. The molecule has 0 aromatic heterocycles. The van der Waals surface area contributed by atoms with Gasteiger partial charge in [-0.2, -0.15) is 0 Å². The number of carboxylic acid groups (broad SMARTS) is 1. The standard InChI is InChI=1S/C11H16O4/c12-9(13)7-8-3-1-2-4-11(8)5-6-15-10(11)14/h8H,1-7H2,(H,12,13)/t8-,11-/m1/s1. The van der Waals surface area contributed by atoms with Gasteiger partial charge < -0.3 is 9.84 Å². The Morgan fingerprint density at radius 2 is 2.27 bits per heavy atom. The third kappa shape index (κ3) is 1.73. The van der Waals surface area contributed by atoms with Gasteiger partial charge >= 0.3 is 11.9 Å². The third-order valence-electron chi connectivity index (χ3n) is 3.82. The number of carbonyl (C=O) groups is 2. The zero-order chi connectivity index (χ0) is 10.9. The van der Waals surface area contributed by atoms with Crippen molar-refractivity contribution < 1.29 is 19.4 Å². The molecule has 1 saturated carbocycles. The quantitative estimate of drug-likeness (QED) is 0.706. The van der Waals surface area contributed by atoms with Gasteiger partial charge in [0.05, 0.1) is 12.0 Å². The lowest BCUT2D eigenvalue weighted by Gasteiger charge is -2.37. The van der Waals surface area contributed by atoms with E-state index in [-0.39, 0.29) is 18.3 Å². The molecule has 2 atom stereocenters. The highest BCUT2D eigenvalue weighted by Crippen LogP contribution is 2.49. The molecule has 2 fully saturated rings. The fourth-order valence-corrected chi connectivity index (χ4v) is 2.99. The van der Waals surface area contributed by atoms with Gasteiger partial charge in [0, 0.05) is 6.42 Å². The number of esters is 1. The number of carbonyl (C=O) groups excluding carboxylic acids is 1. The van der Waals surface area contributed by atoms with Crippen LogP contribution in [0.2, 0.25) is 0 Å². The number of ether oxygens (including phenoxy) is 1. The van der Waals surface area contributed by atoms with Crippen LogP contribution in [0.1, 0.15) is 38.5 Å². The molecule has 1 spiro atoms. The fraction of sp³-hybridized carbons (Fsp3) is 0.818. The number of rotatable bonds is 2. The van der Waals surface area contributed by atoms with E-state index in [9.17, 15) is 9.59 Å². The van der Waals surface area contributed by atoms with E-state index in [0.717, 1.165) is 25.7 Å². The van der Waals surface area contributed by atoms with E-state index in [0.29, 0.717) is 13.0 Å². The Labute approximate surface area is 88.6 Å². The van der Waals surface area contributed by atoms with Crippen molar-refractivity contribution in [3.05, 3.63) is 0 Å². The topological polar surface area (TPSA) is 63.6 Å². The van der Waals surface area contributed by atoms with Crippen LogP contribution in [0.4, 0.5) is 0 Å². The van der Waals surface area contributed by atoms with Gasteiger partial charge in [-0.15, -0.1) is 0 Å². The zero-order valence-electron chi connectivity index (χ0n) is 8.70.